The highest BCUT2D eigenvalue weighted by atomic mass is 32.2. The van der Waals surface area contributed by atoms with Crippen LogP contribution < -0.4 is 5.56 Å². The first-order chi connectivity index (χ1) is 7.18. The molecule has 2 aromatic rings. The molecule has 1 heterocycles. The molecule has 0 spiro atoms. The van der Waals surface area contributed by atoms with Gasteiger partial charge in [-0.05, 0) is 23.2 Å². The van der Waals surface area contributed by atoms with Crippen LogP contribution in [0.15, 0.2) is 40.0 Å². The fourth-order valence-electron chi connectivity index (χ4n) is 1.17. The molecule has 1 aromatic heterocycles. The number of aromatic nitrogens is 2. The lowest BCUT2D eigenvalue weighted by Crippen LogP contribution is -2.10. The molecule has 1 unspecified atom stereocenters. The molecule has 0 fully saturated rings. The third-order valence-electron chi connectivity index (χ3n) is 1.86. The summed E-state index contributed by atoms with van der Waals surface area (Å²) in [5.41, 5.74) is -0.370. The number of hydrogen-bond donors (Lipinski definition) is 0. The Morgan fingerprint density at radius 3 is 2.67 bits per heavy atom. The average molecular weight is 221 g/mol. The predicted molar refractivity (Wildman–Crippen MR) is 53.0 cm³/mol. The van der Waals surface area contributed by atoms with Gasteiger partial charge in [-0.1, -0.05) is 18.2 Å². The smallest absolute Gasteiger partial charge is 0.303 e. The van der Waals surface area contributed by atoms with Crippen molar-refractivity contribution in [3.05, 3.63) is 40.7 Å². The molecule has 2 rings (SSSR count). The molecule has 6 heteroatoms. The van der Waals surface area contributed by atoms with E-state index in [1.165, 1.54) is 6.07 Å². The minimum atomic E-state index is -2.59. The zero-order valence-electron chi connectivity index (χ0n) is 7.41. The molecular weight excluding hydrogens is 216 g/mol. The summed E-state index contributed by atoms with van der Waals surface area (Å²) in [6.45, 7) is 0. The van der Waals surface area contributed by atoms with Crippen molar-refractivity contribution < 1.29 is 8.76 Å². The zero-order valence-corrected chi connectivity index (χ0v) is 8.23. The van der Waals surface area contributed by atoms with Crippen molar-refractivity contribution in [2.24, 2.45) is 0 Å². The van der Waals surface area contributed by atoms with E-state index < -0.39 is 16.6 Å². The van der Waals surface area contributed by atoms with Crippen LogP contribution in [0.5, 0.6) is 0 Å². The van der Waals surface area contributed by atoms with E-state index in [2.05, 4.69) is 10.2 Å². The molecule has 0 bridgehead atoms. The van der Waals surface area contributed by atoms with E-state index >= 15 is 0 Å². The lowest BCUT2D eigenvalue weighted by Gasteiger charge is -1.98. The minimum absolute atomic E-state index is 0.372. The van der Waals surface area contributed by atoms with Gasteiger partial charge in [0.15, 0.2) is 0 Å². The first-order valence-electron chi connectivity index (χ1n) is 4.04. The molecule has 1 aromatic carbocycles. The summed E-state index contributed by atoms with van der Waals surface area (Å²) in [6.07, 6.45) is 0. The summed E-state index contributed by atoms with van der Waals surface area (Å²) in [6, 6.07) is 8.04. The van der Waals surface area contributed by atoms with Crippen LogP contribution in [-0.2, 0) is 11.1 Å². The molecule has 5 nitrogen and oxygen atoms in total. The molecule has 15 heavy (non-hydrogen) atoms. The van der Waals surface area contributed by atoms with Gasteiger partial charge < -0.3 is 4.55 Å². The molecule has 0 saturated heterocycles. The number of hydrogen-bond acceptors (Lipinski definition) is 5. The van der Waals surface area contributed by atoms with Gasteiger partial charge in [0.2, 0.25) is 0 Å². The quantitative estimate of drug-likeness (QED) is 0.643. The molecule has 0 saturated carbocycles. The Hall–Kier alpha value is -1.66. The van der Waals surface area contributed by atoms with Crippen LogP contribution in [0.2, 0.25) is 0 Å². The summed E-state index contributed by atoms with van der Waals surface area (Å²) in [5, 5.41) is 7.50. The molecule has 0 aliphatic rings. The summed E-state index contributed by atoms with van der Waals surface area (Å²) in [5.74, 6) is 0. The highest BCUT2D eigenvalue weighted by molar-refractivity contribution is 7.79. The van der Waals surface area contributed by atoms with E-state index in [9.17, 15) is 13.6 Å². The molecule has 0 aliphatic heterocycles. The normalized spacial score (nSPS) is 12.6. The summed E-state index contributed by atoms with van der Waals surface area (Å²) >= 11 is -2.59. The van der Waals surface area contributed by atoms with E-state index in [0.717, 1.165) is 0 Å². The SMILES string of the molecule is O=c1nnc2ccccc2cc1S(=O)[O-]. The second kappa shape index (κ2) is 3.84. The topological polar surface area (TPSA) is 83.0 Å². The molecular formula is C9H5N2O3S-. The molecule has 1 atom stereocenters. The second-order valence-electron chi connectivity index (χ2n) is 2.81. The van der Waals surface area contributed by atoms with Crippen LogP contribution in [0.1, 0.15) is 0 Å². The number of nitrogens with zero attached hydrogens (tertiary/aromatic N) is 2. The lowest BCUT2D eigenvalue weighted by atomic mass is 10.2. The van der Waals surface area contributed by atoms with Gasteiger partial charge in [0.25, 0.3) is 0 Å². The van der Waals surface area contributed by atoms with Crippen molar-refractivity contribution in [1.29, 1.82) is 0 Å². The number of fused-ring (bicyclic) bond motifs is 1. The van der Waals surface area contributed by atoms with Gasteiger partial charge in [0.05, 0.1) is 10.4 Å². The van der Waals surface area contributed by atoms with Crippen molar-refractivity contribution in [2.75, 3.05) is 0 Å². The molecule has 76 valence electrons. The van der Waals surface area contributed by atoms with Crippen LogP contribution in [0, 0.1) is 0 Å². The number of rotatable bonds is 1. The highest BCUT2D eigenvalue weighted by Crippen LogP contribution is 2.09. The first-order valence-corrected chi connectivity index (χ1v) is 5.12. The first kappa shape index (κ1) is 9.88. The Labute approximate surface area is 87.1 Å². The Kier molecular flexibility index (Phi) is 2.53. The maximum atomic E-state index is 11.2. The Morgan fingerprint density at radius 1 is 1.20 bits per heavy atom. The Morgan fingerprint density at radius 2 is 1.93 bits per heavy atom. The van der Waals surface area contributed by atoms with Gasteiger partial charge in [-0.3, -0.25) is 9.00 Å². The van der Waals surface area contributed by atoms with E-state index in [-0.39, 0.29) is 4.90 Å². The van der Waals surface area contributed by atoms with Gasteiger partial charge in [-0.2, -0.15) is 0 Å². The molecule has 0 amide bonds. The zero-order chi connectivity index (χ0) is 10.8. The minimum Gasteiger partial charge on any atom is -0.768 e. The van der Waals surface area contributed by atoms with Gasteiger partial charge in [-0.25, -0.2) is 0 Å². The van der Waals surface area contributed by atoms with Crippen LogP contribution in [0.25, 0.3) is 10.9 Å². The standard InChI is InChI=1S/C9H6N2O3S/c12-9-8(15(13)14)5-6-3-1-2-4-7(6)10-11-9/h1-5H,(H,13,14)/p-1. The van der Waals surface area contributed by atoms with Crippen molar-refractivity contribution >= 4 is 22.0 Å². The molecule has 0 radical (unpaired) electrons. The average Bonchev–Trinajstić information content (AvgIpc) is 2.39. The summed E-state index contributed by atoms with van der Waals surface area (Å²) in [7, 11) is 0. The van der Waals surface area contributed by atoms with Gasteiger partial charge in [0, 0.05) is 5.39 Å². The van der Waals surface area contributed by atoms with Crippen LogP contribution in [0.4, 0.5) is 0 Å². The van der Waals surface area contributed by atoms with E-state index in [4.69, 9.17) is 0 Å². The third kappa shape index (κ3) is 1.90. The fraction of sp³-hybridized carbons (Fsp3) is 0. The van der Waals surface area contributed by atoms with E-state index in [0.29, 0.717) is 10.9 Å². The van der Waals surface area contributed by atoms with Crippen LogP contribution in [0.3, 0.4) is 0 Å². The lowest BCUT2D eigenvalue weighted by molar-refractivity contribution is 0.536. The maximum absolute atomic E-state index is 11.2. The third-order valence-corrected chi connectivity index (χ3v) is 2.51. The van der Waals surface area contributed by atoms with Crippen molar-refractivity contribution in [3.8, 4) is 0 Å². The van der Waals surface area contributed by atoms with Crippen LogP contribution in [-0.4, -0.2) is 19.0 Å². The van der Waals surface area contributed by atoms with Gasteiger partial charge in [0.1, 0.15) is 0 Å². The van der Waals surface area contributed by atoms with Crippen LogP contribution >= 0.6 is 0 Å². The van der Waals surface area contributed by atoms with Crippen molar-refractivity contribution in [1.82, 2.24) is 10.2 Å². The predicted octanol–water partition coefficient (Wildman–Crippen LogP) is 0.228. The Bertz CT molecular complexity index is 600. The van der Waals surface area contributed by atoms with Gasteiger partial charge in [-0.15, -0.1) is 10.2 Å². The fourth-order valence-corrected chi connectivity index (χ4v) is 1.58. The van der Waals surface area contributed by atoms with E-state index in [1.807, 2.05) is 0 Å². The second-order valence-corrected chi connectivity index (χ2v) is 3.72. The monoisotopic (exact) mass is 221 g/mol. The maximum Gasteiger partial charge on any atom is 0.303 e. The highest BCUT2D eigenvalue weighted by Gasteiger charge is 2.01. The van der Waals surface area contributed by atoms with Crippen molar-refractivity contribution in [2.45, 2.75) is 4.90 Å². The van der Waals surface area contributed by atoms with Crippen molar-refractivity contribution in [3.63, 3.8) is 0 Å². The summed E-state index contributed by atoms with van der Waals surface area (Å²) < 4.78 is 21.5. The molecule has 0 N–H and O–H groups in total. The Balaban J connectivity index is 2.91. The number of benzene rings is 1. The molecule has 0 aliphatic carbocycles. The summed E-state index contributed by atoms with van der Waals surface area (Å²) in [4.78, 5) is 10.8. The van der Waals surface area contributed by atoms with Gasteiger partial charge >= 0.3 is 5.56 Å². The van der Waals surface area contributed by atoms with E-state index in [1.54, 1.807) is 24.3 Å². The largest absolute Gasteiger partial charge is 0.768 e.